The monoisotopic (exact) mass is 516 g/mol. The highest BCUT2D eigenvalue weighted by molar-refractivity contribution is 7.90. The Balaban J connectivity index is 1.53. The predicted molar refractivity (Wildman–Crippen MR) is 142 cm³/mol. The summed E-state index contributed by atoms with van der Waals surface area (Å²) in [6.45, 7) is 1.94. The van der Waals surface area contributed by atoms with Crippen molar-refractivity contribution in [2.45, 2.75) is 11.8 Å². The molecule has 0 unspecified atom stereocenters. The van der Waals surface area contributed by atoms with Crippen molar-refractivity contribution in [2.24, 2.45) is 0 Å². The van der Waals surface area contributed by atoms with Gasteiger partial charge in [0.1, 0.15) is 5.52 Å². The summed E-state index contributed by atoms with van der Waals surface area (Å²) < 4.78 is 30.2. The molecule has 0 aliphatic carbocycles. The molecule has 1 amide bonds. The highest BCUT2D eigenvalue weighted by atomic mass is 35.5. The van der Waals surface area contributed by atoms with Gasteiger partial charge in [0.15, 0.2) is 15.4 Å². The number of fused-ring (bicyclic) bond motifs is 1. The lowest BCUT2D eigenvalue weighted by molar-refractivity contribution is 0.102. The van der Waals surface area contributed by atoms with Crippen LogP contribution in [0.1, 0.15) is 15.9 Å². The normalized spacial score (nSPS) is 11.5. The lowest BCUT2D eigenvalue weighted by Gasteiger charge is -2.13. The van der Waals surface area contributed by atoms with Crippen LogP contribution in [0.25, 0.3) is 33.7 Å². The fourth-order valence-electron chi connectivity index (χ4n) is 3.96. The summed E-state index contributed by atoms with van der Waals surface area (Å²) in [7, 11) is -3.46. The number of para-hydroxylation sites is 2. The van der Waals surface area contributed by atoms with Crippen molar-refractivity contribution in [1.82, 2.24) is 4.98 Å². The maximum absolute atomic E-state index is 13.4. The van der Waals surface area contributed by atoms with Crippen LogP contribution in [0.3, 0.4) is 0 Å². The van der Waals surface area contributed by atoms with Gasteiger partial charge < -0.3 is 9.73 Å². The average molecular weight is 517 g/mol. The number of amides is 1. The molecule has 0 spiro atoms. The van der Waals surface area contributed by atoms with Gasteiger partial charge in [0.2, 0.25) is 5.89 Å². The van der Waals surface area contributed by atoms with Crippen molar-refractivity contribution in [3.63, 3.8) is 0 Å². The minimum atomic E-state index is -3.46. The van der Waals surface area contributed by atoms with E-state index >= 15 is 0 Å². The van der Waals surface area contributed by atoms with Gasteiger partial charge in [0, 0.05) is 17.5 Å². The quantitative estimate of drug-likeness (QED) is 0.278. The van der Waals surface area contributed by atoms with Gasteiger partial charge in [-0.2, -0.15) is 0 Å². The van der Waals surface area contributed by atoms with Gasteiger partial charge in [-0.25, -0.2) is 13.4 Å². The maximum atomic E-state index is 13.4. The van der Waals surface area contributed by atoms with Crippen molar-refractivity contribution in [3.8, 4) is 22.6 Å². The number of nitrogens with one attached hydrogen (secondary N) is 1. The summed E-state index contributed by atoms with van der Waals surface area (Å²) in [6, 6.07) is 24.5. The Morgan fingerprint density at radius 2 is 1.72 bits per heavy atom. The first-order valence-electron chi connectivity index (χ1n) is 11.1. The summed E-state index contributed by atoms with van der Waals surface area (Å²) >= 11 is 6.42. The van der Waals surface area contributed by atoms with Gasteiger partial charge in [-0.15, -0.1) is 0 Å². The molecule has 36 heavy (non-hydrogen) atoms. The number of benzene rings is 4. The maximum Gasteiger partial charge on any atom is 0.256 e. The number of nitrogens with zero attached hydrogens (tertiary/aromatic N) is 1. The van der Waals surface area contributed by atoms with Crippen molar-refractivity contribution >= 4 is 44.1 Å². The van der Waals surface area contributed by atoms with Crippen LogP contribution >= 0.6 is 11.6 Å². The Kier molecular flexibility index (Phi) is 6.12. The first-order chi connectivity index (χ1) is 17.2. The number of hydrogen-bond acceptors (Lipinski definition) is 5. The minimum Gasteiger partial charge on any atom is -0.436 e. The van der Waals surface area contributed by atoms with E-state index in [4.69, 9.17) is 16.0 Å². The molecule has 1 N–H and O–H groups in total. The number of carbonyl (C=O) groups is 1. The zero-order valence-electron chi connectivity index (χ0n) is 19.4. The van der Waals surface area contributed by atoms with E-state index in [-0.39, 0.29) is 4.90 Å². The van der Waals surface area contributed by atoms with E-state index < -0.39 is 15.7 Å². The molecular formula is C28H21ClN2O4S. The SMILES string of the molecule is Cc1cccc(-c2cc(S(C)(=O)=O)ccc2C(=O)Nc2ccc(Cl)c(-c3nc4ccccc4o3)c2)c1. The number of anilines is 1. The smallest absolute Gasteiger partial charge is 0.256 e. The Labute approximate surface area is 213 Å². The first-order valence-corrected chi connectivity index (χ1v) is 13.3. The van der Waals surface area contributed by atoms with Gasteiger partial charge in [0.05, 0.1) is 15.5 Å². The van der Waals surface area contributed by atoms with E-state index in [1.165, 1.54) is 18.2 Å². The third kappa shape index (κ3) is 4.76. The minimum absolute atomic E-state index is 0.139. The molecule has 0 radical (unpaired) electrons. The molecule has 5 aromatic rings. The molecule has 0 aliphatic heterocycles. The third-order valence-electron chi connectivity index (χ3n) is 5.74. The predicted octanol–water partition coefficient (Wildman–Crippen LogP) is 6.78. The zero-order valence-corrected chi connectivity index (χ0v) is 21.0. The largest absolute Gasteiger partial charge is 0.436 e. The standard InChI is InChI=1S/C28H21ClN2O4S/c1-17-6-5-7-18(14-17)22-16-20(36(2,33)34)11-12-21(22)27(32)30-19-10-13-24(29)23(15-19)28-31-25-8-3-4-9-26(25)35-28/h3-16H,1-2H3,(H,30,32). The van der Waals surface area contributed by atoms with Crippen LogP contribution in [-0.2, 0) is 9.84 Å². The van der Waals surface area contributed by atoms with Crippen LogP contribution < -0.4 is 5.32 Å². The first kappa shape index (κ1) is 23.8. The van der Waals surface area contributed by atoms with Gasteiger partial charge in [0.25, 0.3) is 5.91 Å². The van der Waals surface area contributed by atoms with Crippen LogP contribution in [0.2, 0.25) is 5.02 Å². The summed E-state index contributed by atoms with van der Waals surface area (Å²) in [5, 5.41) is 3.32. The fourth-order valence-corrected chi connectivity index (χ4v) is 4.80. The van der Waals surface area contributed by atoms with Crippen molar-refractivity contribution in [1.29, 1.82) is 0 Å². The van der Waals surface area contributed by atoms with E-state index in [1.54, 1.807) is 18.2 Å². The molecule has 0 fully saturated rings. The van der Waals surface area contributed by atoms with Crippen LogP contribution in [0.4, 0.5) is 5.69 Å². The highest BCUT2D eigenvalue weighted by Crippen LogP contribution is 2.33. The van der Waals surface area contributed by atoms with Crippen molar-refractivity contribution < 1.29 is 17.6 Å². The molecule has 0 saturated carbocycles. The highest BCUT2D eigenvalue weighted by Gasteiger charge is 2.19. The Morgan fingerprint density at radius 1 is 0.917 bits per heavy atom. The summed E-state index contributed by atoms with van der Waals surface area (Å²) in [5.74, 6) is -0.0485. The second kappa shape index (κ2) is 9.26. The van der Waals surface area contributed by atoms with Crippen molar-refractivity contribution in [3.05, 3.63) is 101 Å². The lowest BCUT2D eigenvalue weighted by Crippen LogP contribution is -2.14. The molecule has 180 valence electrons. The molecule has 8 heteroatoms. The van der Waals surface area contributed by atoms with E-state index in [1.807, 2.05) is 55.5 Å². The number of sulfone groups is 1. The molecule has 1 heterocycles. The Morgan fingerprint density at radius 3 is 2.47 bits per heavy atom. The topological polar surface area (TPSA) is 89.3 Å². The summed E-state index contributed by atoms with van der Waals surface area (Å²) in [6.07, 6.45) is 1.14. The number of carbonyl (C=O) groups excluding carboxylic acids is 1. The van der Waals surface area contributed by atoms with E-state index in [2.05, 4.69) is 10.3 Å². The fraction of sp³-hybridized carbons (Fsp3) is 0.0714. The molecule has 0 saturated heterocycles. The molecular weight excluding hydrogens is 496 g/mol. The number of halogens is 1. The van der Waals surface area contributed by atoms with E-state index in [0.717, 1.165) is 17.4 Å². The van der Waals surface area contributed by atoms with Gasteiger partial charge in [-0.3, -0.25) is 4.79 Å². The van der Waals surface area contributed by atoms with Crippen LogP contribution in [0.15, 0.2) is 94.2 Å². The van der Waals surface area contributed by atoms with Crippen LogP contribution in [0, 0.1) is 6.92 Å². The van der Waals surface area contributed by atoms with E-state index in [9.17, 15) is 13.2 Å². The molecule has 0 bridgehead atoms. The molecule has 5 rings (SSSR count). The van der Waals surface area contributed by atoms with Gasteiger partial charge in [-0.1, -0.05) is 53.6 Å². The Bertz CT molecular complexity index is 1710. The third-order valence-corrected chi connectivity index (χ3v) is 7.18. The second-order valence-corrected chi connectivity index (χ2v) is 10.9. The Hall–Kier alpha value is -3.94. The molecule has 0 atom stereocenters. The summed E-state index contributed by atoms with van der Waals surface area (Å²) in [4.78, 5) is 18.0. The zero-order chi connectivity index (χ0) is 25.4. The number of aryl methyl sites for hydroxylation is 1. The molecule has 1 aromatic heterocycles. The number of hydrogen-bond donors (Lipinski definition) is 1. The second-order valence-electron chi connectivity index (χ2n) is 8.48. The molecule has 0 aliphatic rings. The molecule has 4 aromatic carbocycles. The lowest BCUT2D eigenvalue weighted by atomic mass is 9.97. The van der Waals surface area contributed by atoms with Crippen LogP contribution in [-0.4, -0.2) is 25.6 Å². The molecule has 6 nitrogen and oxygen atoms in total. The van der Waals surface area contributed by atoms with Crippen molar-refractivity contribution in [2.75, 3.05) is 11.6 Å². The van der Waals surface area contributed by atoms with E-state index in [0.29, 0.717) is 44.4 Å². The van der Waals surface area contributed by atoms with Gasteiger partial charge in [-0.05, 0) is 66.6 Å². The number of aromatic nitrogens is 1. The average Bonchev–Trinajstić information content (AvgIpc) is 3.28. The number of rotatable bonds is 5. The summed E-state index contributed by atoms with van der Waals surface area (Å²) in [5.41, 5.74) is 4.96. The number of oxazole rings is 1. The van der Waals surface area contributed by atoms with Gasteiger partial charge >= 0.3 is 0 Å². The van der Waals surface area contributed by atoms with Crippen LogP contribution in [0.5, 0.6) is 0 Å².